The molecule has 0 heterocycles. The van der Waals surface area contributed by atoms with Crippen molar-refractivity contribution in [3.8, 4) is 0 Å². The molecular weight excluding hydrogens is 162 g/mol. The molecule has 0 fully saturated rings. The van der Waals surface area contributed by atoms with E-state index in [-0.39, 0.29) is 6.15 Å². The molecular formula is C7H13NO4. The van der Waals surface area contributed by atoms with Gasteiger partial charge in [0.15, 0.2) is 0 Å². The molecule has 0 aliphatic rings. The van der Waals surface area contributed by atoms with Crippen molar-refractivity contribution in [2.45, 2.75) is 20.0 Å². The van der Waals surface area contributed by atoms with Gasteiger partial charge < -0.3 is 20.8 Å². The average Bonchev–Trinajstić information content (AvgIpc) is 1.87. The Morgan fingerprint density at radius 2 is 2.00 bits per heavy atom. The van der Waals surface area contributed by atoms with Crippen LogP contribution in [0.5, 0.6) is 0 Å². The molecule has 0 rings (SSSR count). The van der Waals surface area contributed by atoms with E-state index in [1.165, 1.54) is 13.0 Å². The molecule has 0 saturated heterocycles. The predicted molar refractivity (Wildman–Crippen MR) is 41.4 cm³/mol. The number of esters is 1. The van der Waals surface area contributed by atoms with Crippen LogP contribution >= 0.6 is 0 Å². The van der Waals surface area contributed by atoms with Gasteiger partial charge in [-0.25, -0.2) is 4.79 Å². The molecule has 70 valence electrons. The zero-order valence-corrected chi connectivity index (χ0v) is 7.37. The second-order valence-electron chi connectivity index (χ2n) is 1.90. The van der Waals surface area contributed by atoms with E-state index in [2.05, 4.69) is 4.74 Å². The zero-order chi connectivity index (χ0) is 8.85. The summed E-state index contributed by atoms with van der Waals surface area (Å²) in [7, 11) is 0. The van der Waals surface area contributed by atoms with Gasteiger partial charge in [-0.3, -0.25) is 0 Å². The Labute approximate surface area is 70.6 Å². The zero-order valence-electron chi connectivity index (χ0n) is 7.37. The fourth-order valence-corrected chi connectivity index (χ4v) is 0.398. The number of allylic oxidation sites excluding steroid dienone is 1. The molecule has 0 aliphatic heterocycles. The highest BCUT2D eigenvalue weighted by atomic mass is 16.6. The Morgan fingerprint density at radius 3 is 2.33 bits per heavy atom. The van der Waals surface area contributed by atoms with Gasteiger partial charge in [-0.15, -0.1) is 0 Å². The topological polar surface area (TPSA) is 103 Å². The average molecular weight is 175 g/mol. The molecule has 0 bridgehead atoms. The van der Waals surface area contributed by atoms with Crippen LogP contribution in [0.3, 0.4) is 0 Å². The number of aliphatic carboxylic acids is 1. The lowest BCUT2D eigenvalue weighted by Crippen LogP contribution is -2.36. The molecule has 0 aromatic carbocycles. The molecule has 0 aliphatic carbocycles. The minimum Gasteiger partial charge on any atom is -0.546 e. The van der Waals surface area contributed by atoms with Crippen LogP contribution in [0.15, 0.2) is 12.2 Å². The van der Waals surface area contributed by atoms with Crippen molar-refractivity contribution in [2.75, 3.05) is 0 Å². The van der Waals surface area contributed by atoms with Crippen LogP contribution in [0.25, 0.3) is 0 Å². The third-order valence-corrected chi connectivity index (χ3v) is 0.928. The molecule has 0 aromatic heterocycles. The molecule has 12 heavy (non-hydrogen) atoms. The third-order valence-electron chi connectivity index (χ3n) is 0.928. The summed E-state index contributed by atoms with van der Waals surface area (Å²) in [6, 6.07) is 0. The van der Waals surface area contributed by atoms with Crippen LogP contribution in [0.2, 0.25) is 0 Å². The molecule has 1 unspecified atom stereocenters. The second-order valence-corrected chi connectivity index (χ2v) is 1.90. The Kier molecular flexibility index (Phi) is 7.02. The smallest absolute Gasteiger partial charge is 0.331 e. The van der Waals surface area contributed by atoms with Crippen molar-refractivity contribution in [2.24, 2.45) is 0 Å². The molecule has 0 spiro atoms. The van der Waals surface area contributed by atoms with Gasteiger partial charge in [0.1, 0.15) is 6.10 Å². The van der Waals surface area contributed by atoms with E-state index in [9.17, 15) is 14.7 Å². The van der Waals surface area contributed by atoms with E-state index in [1.807, 2.05) is 0 Å². The van der Waals surface area contributed by atoms with Crippen LogP contribution in [-0.2, 0) is 14.3 Å². The SMILES string of the molecule is CC=CC(=O)OC(C)C(=O)[O-].[NH4+]. The quantitative estimate of drug-likeness (QED) is 0.466. The maximum absolute atomic E-state index is 10.6. The van der Waals surface area contributed by atoms with E-state index in [0.717, 1.165) is 6.08 Å². The molecule has 0 saturated carbocycles. The lowest BCUT2D eigenvalue weighted by molar-refractivity contribution is -0.314. The van der Waals surface area contributed by atoms with Crippen molar-refractivity contribution in [1.29, 1.82) is 0 Å². The molecule has 0 amide bonds. The number of hydrogen-bond donors (Lipinski definition) is 1. The summed E-state index contributed by atoms with van der Waals surface area (Å²) in [5.41, 5.74) is 0. The Balaban J connectivity index is 0. The number of quaternary nitrogens is 1. The highest BCUT2D eigenvalue weighted by molar-refractivity contribution is 5.84. The van der Waals surface area contributed by atoms with Gasteiger partial charge in [-0.1, -0.05) is 6.08 Å². The molecule has 5 nitrogen and oxygen atoms in total. The van der Waals surface area contributed by atoms with Crippen molar-refractivity contribution in [3.63, 3.8) is 0 Å². The van der Waals surface area contributed by atoms with Crippen molar-refractivity contribution in [1.82, 2.24) is 6.15 Å². The lowest BCUT2D eigenvalue weighted by Gasteiger charge is -2.11. The normalized spacial score (nSPS) is 11.8. The predicted octanol–water partition coefficient (Wildman–Crippen LogP) is -0.380. The van der Waals surface area contributed by atoms with Gasteiger partial charge in [0.05, 0.1) is 5.97 Å². The molecule has 4 N–H and O–H groups in total. The van der Waals surface area contributed by atoms with Gasteiger partial charge in [0.25, 0.3) is 0 Å². The first-order chi connectivity index (χ1) is 5.07. The maximum Gasteiger partial charge on any atom is 0.331 e. The second kappa shape index (κ2) is 6.36. The Bertz CT molecular complexity index is 188. The number of ether oxygens (including phenoxy) is 1. The Hall–Kier alpha value is -1.36. The van der Waals surface area contributed by atoms with Gasteiger partial charge in [0.2, 0.25) is 0 Å². The summed E-state index contributed by atoms with van der Waals surface area (Å²) < 4.78 is 4.36. The van der Waals surface area contributed by atoms with Crippen LogP contribution in [0.4, 0.5) is 0 Å². The molecule has 0 radical (unpaired) electrons. The Morgan fingerprint density at radius 1 is 1.50 bits per heavy atom. The summed E-state index contributed by atoms with van der Waals surface area (Å²) in [5, 5.41) is 10.0. The summed E-state index contributed by atoms with van der Waals surface area (Å²) in [4.78, 5) is 20.6. The largest absolute Gasteiger partial charge is 0.546 e. The minimum atomic E-state index is -1.40. The summed E-state index contributed by atoms with van der Waals surface area (Å²) in [6.45, 7) is 2.86. The first-order valence-electron chi connectivity index (χ1n) is 3.12. The van der Waals surface area contributed by atoms with E-state index in [4.69, 9.17) is 0 Å². The third kappa shape index (κ3) is 5.43. The van der Waals surface area contributed by atoms with E-state index in [1.54, 1.807) is 6.92 Å². The first kappa shape index (κ1) is 13.2. The van der Waals surface area contributed by atoms with Gasteiger partial charge in [-0.2, -0.15) is 0 Å². The van der Waals surface area contributed by atoms with Crippen LogP contribution < -0.4 is 11.3 Å². The molecule has 1 atom stereocenters. The highest BCUT2D eigenvalue weighted by Crippen LogP contribution is 1.90. The molecule has 0 aromatic rings. The van der Waals surface area contributed by atoms with Gasteiger partial charge >= 0.3 is 5.97 Å². The van der Waals surface area contributed by atoms with Crippen LogP contribution in [0, 0.1) is 0 Å². The number of carboxylic acid groups (broad SMARTS) is 1. The standard InChI is InChI=1S/C7H10O4.H3N/c1-3-4-6(8)11-5(2)7(9)10;/h3-5H,1-2H3,(H,9,10);1H3. The fraction of sp³-hybridized carbons (Fsp3) is 0.429. The van der Waals surface area contributed by atoms with Crippen LogP contribution in [0.1, 0.15) is 13.8 Å². The summed E-state index contributed by atoms with van der Waals surface area (Å²) in [5.74, 6) is -2.08. The number of carbonyl (C=O) groups excluding carboxylic acids is 2. The summed E-state index contributed by atoms with van der Waals surface area (Å²) in [6.07, 6.45) is 1.41. The number of hydrogen-bond acceptors (Lipinski definition) is 4. The van der Waals surface area contributed by atoms with E-state index in [0.29, 0.717) is 0 Å². The van der Waals surface area contributed by atoms with Crippen molar-refractivity contribution in [3.05, 3.63) is 12.2 Å². The van der Waals surface area contributed by atoms with E-state index < -0.39 is 18.0 Å². The number of carbonyl (C=O) groups is 2. The summed E-state index contributed by atoms with van der Waals surface area (Å²) >= 11 is 0. The lowest BCUT2D eigenvalue weighted by atomic mass is 10.4. The number of carboxylic acids is 1. The first-order valence-corrected chi connectivity index (χ1v) is 3.12. The minimum absolute atomic E-state index is 0. The van der Waals surface area contributed by atoms with Gasteiger partial charge in [-0.05, 0) is 13.8 Å². The van der Waals surface area contributed by atoms with Crippen molar-refractivity contribution >= 4 is 11.9 Å². The maximum atomic E-state index is 10.6. The number of rotatable bonds is 3. The van der Waals surface area contributed by atoms with Crippen molar-refractivity contribution < 1.29 is 19.4 Å². The van der Waals surface area contributed by atoms with E-state index >= 15 is 0 Å². The van der Waals surface area contributed by atoms with Gasteiger partial charge in [0, 0.05) is 6.08 Å². The van der Waals surface area contributed by atoms with Crippen LogP contribution in [-0.4, -0.2) is 18.0 Å². The molecule has 5 heteroatoms. The monoisotopic (exact) mass is 175 g/mol. The highest BCUT2D eigenvalue weighted by Gasteiger charge is 2.05. The fourth-order valence-electron chi connectivity index (χ4n) is 0.398.